The van der Waals surface area contributed by atoms with Crippen LogP contribution in [0.2, 0.25) is 0 Å². The van der Waals surface area contributed by atoms with Crippen molar-refractivity contribution in [1.29, 1.82) is 0 Å². The number of ether oxygens (including phenoxy) is 5. The van der Waals surface area contributed by atoms with Crippen molar-refractivity contribution in [2.24, 2.45) is 0 Å². The normalized spacial score (nSPS) is 35.8. The van der Waals surface area contributed by atoms with Gasteiger partial charge in [-0.25, -0.2) is 0 Å². The Kier molecular flexibility index (Phi) is 3.09. The third-order valence-corrected chi connectivity index (χ3v) is 1.74. The van der Waals surface area contributed by atoms with Crippen LogP contribution in [0.5, 0.6) is 0 Å². The SMILES string of the molecule is OCC1COC(OC2OCCO2)O1. The highest BCUT2D eigenvalue weighted by Gasteiger charge is 2.30. The molecule has 1 N–H and O–H groups in total. The van der Waals surface area contributed by atoms with Gasteiger partial charge in [0, 0.05) is 0 Å². The zero-order valence-electron chi connectivity index (χ0n) is 7.05. The van der Waals surface area contributed by atoms with Gasteiger partial charge in [-0.15, -0.1) is 0 Å². The summed E-state index contributed by atoms with van der Waals surface area (Å²) in [6.07, 6.45) is -0.314. The molecule has 2 fully saturated rings. The van der Waals surface area contributed by atoms with E-state index in [-0.39, 0.29) is 12.7 Å². The van der Waals surface area contributed by atoms with Gasteiger partial charge in [-0.2, -0.15) is 0 Å². The van der Waals surface area contributed by atoms with Crippen LogP contribution in [0.3, 0.4) is 0 Å². The minimum atomic E-state index is -0.791. The van der Waals surface area contributed by atoms with Crippen molar-refractivity contribution in [2.45, 2.75) is 19.1 Å². The van der Waals surface area contributed by atoms with Gasteiger partial charge < -0.3 is 24.1 Å². The average molecular weight is 192 g/mol. The Morgan fingerprint density at radius 3 is 2.54 bits per heavy atom. The smallest absolute Gasteiger partial charge is 0.276 e. The van der Waals surface area contributed by atoms with E-state index in [1.54, 1.807) is 0 Å². The van der Waals surface area contributed by atoms with Crippen LogP contribution in [0.25, 0.3) is 0 Å². The summed E-state index contributed by atoms with van der Waals surface area (Å²) < 4.78 is 25.3. The van der Waals surface area contributed by atoms with Crippen LogP contribution in [0.15, 0.2) is 0 Å². The van der Waals surface area contributed by atoms with Crippen LogP contribution in [-0.2, 0) is 23.7 Å². The molecule has 2 rings (SSSR count). The van der Waals surface area contributed by atoms with Gasteiger partial charge in [0.1, 0.15) is 6.10 Å². The minimum absolute atomic E-state index is 0.0771. The third kappa shape index (κ3) is 2.37. The summed E-state index contributed by atoms with van der Waals surface area (Å²) in [5.74, 6) is 0. The van der Waals surface area contributed by atoms with Gasteiger partial charge in [0.15, 0.2) is 0 Å². The fourth-order valence-electron chi connectivity index (χ4n) is 1.09. The maximum absolute atomic E-state index is 8.72. The van der Waals surface area contributed by atoms with E-state index in [1.165, 1.54) is 0 Å². The number of rotatable bonds is 3. The summed E-state index contributed by atoms with van der Waals surface area (Å²) in [7, 11) is 0. The Balaban J connectivity index is 1.70. The fraction of sp³-hybridized carbons (Fsp3) is 1.00. The van der Waals surface area contributed by atoms with E-state index >= 15 is 0 Å². The highest BCUT2D eigenvalue weighted by atomic mass is 17.0. The van der Waals surface area contributed by atoms with Crippen LogP contribution in [0.1, 0.15) is 0 Å². The minimum Gasteiger partial charge on any atom is -0.394 e. The van der Waals surface area contributed by atoms with Crippen molar-refractivity contribution < 1.29 is 28.8 Å². The Hall–Kier alpha value is -0.240. The molecule has 0 amide bonds. The average Bonchev–Trinajstić information content (AvgIpc) is 2.76. The molecule has 2 heterocycles. The second kappa shape index (κ2) is 4.32. The van der Waals surface area contributed by atoms with Gasteiger partial charge in [0.2, 0.25) is 0 Å². The molecule has 0 aliphatic carbocycles. The molecular weight excluding hydrogens is 180 g/mol. The van der Waals surface area contributed by atoms with Crippen LogP contribution >= 0.6 is 0 Å². The molecule has 0 aromatic carbocycles. The number of hydrogen-bond acceptors (Lipinski definition) is 6. The monoisotopic (exact) mass is 192 g/mol. The molecule has 2 unspecified atom stereocenters. The number of hydrogen-bond donors (Lipinski definition) is 1. The summed E-state index contributed by atoms with van der Waals surface area (Å²) in [4.78, 5) is 0. The van der Waals surface area contributed by atoms with Gasteiger partial charge in [-0.3, -0.25) is 4.74 Å². The Morgan fingerprint density at radius 2 is 1.92 bits per heavy atom. The van der Waals surface area contributed by atoms with Gasteiger partial charge in [0.05, 0.1) is 26.4 Å². The first kappa shape index (κ1) is 9.32. The highest BCUT2D eigenvalue weighted by molar-refractivity contribution is 4.59. The lowest BCUT2D eigenvalue weighted by atomic mass is 10.4. The molecule has 2 aliphatic rings. The van der Waals surface area contributed by atoms with E-state index in [2.05, 4.69) is 0 Å². The molecule has 0 aromatic rings. The molecule has 0 spiro atoms. The summed E-state index contributed by atoms with van der Waals surface area (Å²) in [5.41, 5.74) is 0. The molecule has 0 bridgehead atoms. The largest absolute Gasteiger partial charge is 0.394 e. The lowest BCUT2D eigenvalue weighted by molar-refractivity contribution is -0.350. The lowest BCUT2D eigenvalue weighted by Gasteiger charge is -2.14. The van der Waals surface area contributed by atoms with Crippen LogP contribution in [-0.4, -0.2) is 50.6 Å². The van der Waals surface area contributed by atoms with Crippen molar-refractivity contribution in [1.82, 2.24) is 0 Å². The van der Waals surface area contributed by atoms with E-state index in [9.17, 15) is 0 Å². The summed E-state index contributed by atoms with van der Waals surface area (Å²) in [6, 6.07) is 0. The molecule has 0 saturated carbocycles. The lowest BCUT2D eigenvalue weighted by Crippen LogP contribution is -2.24. The summed E-state index contributed by atoms with van der Waals surface area (Å²) in [6.45, 7) is -0.218. The number of aliphatic hydroxyl groups is 1. The van der Waals surface area contributed by atoms with Crippen molar-refractivity contribution in [3.8, 4) is 0 Å². The van der Waals surface area contributed by atoms with Gasteiger partial charge in [-0.05, 0) is 0 Å². The third-order valence-electron chi connectivity index (χ3n) is 1.74. The summed E-state index contributed by atoms with van der Waals surface area (Å²) in [5, 5.41) is 8.72. The van der Waals surface area contributed by atoms with E-state index < -0.39 is 13.0 Å². The quantitative estimate of drug-likeness (QED) is 0.620. The van der Waals surface area contributed by atoms with Crippen LogP contribution in [0, 0.1) is 0 Å². The molecule has 2 atom stereocenters. The van der Waals surface area contributed by atoms with Gasteiger partial charge in [-0.1, -0.05) is 0 Å². The first-order chi connectivity index (χ1) is 6.38. The molecule has 76 valence electrons. The van der Waals surface area contributed by atoms with E-state index in [1.807, 2.05) is 0 Å². The molecule has 2 saturated heterocycles. The number of aliphatic hydroxyl groups excluding tert-OH is 1. The van der Waals surface area contributed by atoms with E-state index in [4.69, 9.17) is 28.8 Å². The predicted octanol–water partition coefficient (Wildman–Crippen LogP) is -0.975. The zero-order chi connectivity index (χ0) is 9.10. The second-order valence-corrected chi connectivity index (χ2v) is 2.73. The zero-order valence-corrected chi connectivity index (χ0v) is 7.05. The van der Waals surface area contributed by atoms with Crippen LogP contribution < -0.4 is 0 Å². The standard InChI is InChI=1S/C7H12O6/c8-3-5-4-11-7(12-5)13-6-9-1-2-10-6/h5-8H,1-4H2. The first-order valence-electron chi connectivity index (χ1n) is 4.15. The fourth-order valence-corrected chi connectivity index (χ4v) is 1.09. The van der Waals surface area contributed by atoms with E-state index in [0.29, 0.717) is 19.8 Å². The molecule has 0 aromatic heterocycles. The Morgan fingerprint density at radius 1 is 1.15 bits per heavy atom. The maximum atomic E-state index is 8.72. The molecule has 2 aliphatic heterocycles. The Labute approximate surface area is 75.3 Å². The van der Waals surface area contributed by atoms with E-state index in [0.717, 1.165) is 0 Å². The molecule has 13 heavy (non-hydrogen) atoms. The van der Waals surface area contributed by atoms with Crippen molar-refractivity contribution >= 4 is 0 Å². The van der Waals surface area contributed by atoms with Crippen molar-refractivity contribution in [3.63, 3.8) is 0 Å². The predicted molar refractivity (Wildman–Crippen MR) is 38.5 cm³/mol. The molecule has 0 radical (unpaired) electrons. The highest BCUT2D eigenvalue weighted by Crippen LogP contribution is 2.16. The maximum Gasteiger partial charge on any atom is 0.276 e. The first-order valence-corrected chi connectivity index (χ1v) is 4.15. The second-order valence-electron chi connectivity index (χ2n) is 2.73. The van der Waals surface area contributed by atoms with Crippen LogP contribution in [0.4, 0.5) is 0 Å². The Bertz CT molecular complexity index is 157. The topological polar surface area (TPSA) is 66.4 Å². The molecular formula is C7H12O6. The molecule has 6 heteroatoms. The van der Waals surface area contributed by atoms with Gasteiger partial charge in [0.25, 0.3) is 13.0 Å². The molecule has 6 nitrogen and oxygen atoms in total. The van der Waals surface area contributed by atoms with Crippen molar-refractivity contribution in [3.05, 3.63) is 0 Å². The van der Waals surface area contributed by atoms with Gasteiger partial charge >= 0.3 is 0 Å². The van der Waals surface area contributed by atoms with Crippen molar-refractivity contribution in [2.75, 3.05) is 26.4 Å². The summed E-state index contributed by atoms with van der Waals surface area (Å²) >= 11 is 0.